The molecule has 1 aromatic carbocycles. The minimum Gasteiger partial charge on any atom is -0.377 e. The van der Waals surface area contributed by atoms with Crippen molar-refractivity contribution in [2.45, 2.75) is 38.8 Å². The Kier molecular flexibility index (Phi) is 5.76. The van der Waals surface area contributed by atoms with E-state index < -0.39 is 0 Å². The van der Waals surface area contributed by atoms with Crippen LogP contribution in [0.25, 0.3) is 0 Å². The Bertz CT molecular complexity index is 447. The van der Waals surface area contributed by atoms with E-state index >= 15 is 0 Å². The second kappa shape index (κ2) is 7.57. The van der Waals surface area contributed by atoms with Crippen LogP contribution in [0, 0.1) is 5.92 Å². The summed E-state index contributed by atoms with van der Waals surface area (Å²) in [5.41, 5.74) is 7.27. The van der Waals surface area contributed by atoms with Crippen molar-refractivity contribution in [3.63, 3.8) is 0 Å². The molecule has 0 aliphatic carbocycles. The number of likely N-dealkylation sites (tertiary alicyclic amines) is 1. The highest BCUT2D eigenvalue weighted by Crippen LogP contribution is 2.23. The van der Waals surface area contributed by atoms with E-state index in [2.05, 4.69) is 0 Å². The van der Waals surface area contributed by atoms with Gasteiger partial charge in [0.05, 0.1) is 12.0 Å². The normalized spacial score (nSPS) is 21.9. The van der Waals surface area contributed by atoms with Gasteiger partial charge in [-0.15, -0.1) is 0 Å². The lowest BCUT2D eigenvalue weighted by Crippen LogP contribution is -2.47. The fraction of sp³-hybridized carbons (Fsp3) is 0.588. The van der Waals surface area contributed by atoms with Crippen LogP contribution in [-0.4, -0.2) is 36.6 Å². The summed E-state index contributed by atoms with van der Waals surface area (Å²) in [7, 11) is 0. The largest absolute Gasteiger partial charge is 0.377 e. The molecule has 1 fully saturated rings. The SMILES string of the molecule is CCOC1CCCN(C(=O)C(C)C(N)c2ccccc2)C1. The maximum atomic E-state index is 12.7. The third kappa shape index (κ3) is 4.05. The summed E-state index contributed by atoms with van der Waals surface area (Å²) >= 11 is 0. The smallest absolute Gasteiger partial charge is 0.227 e. The van der Waals surface area contributed by atoms with Crippen molar-refractivity contribution < 1.29 is 9.53 Å². The lowest BCUT2D eigenvalue weighted by molar-refractivity contribution is -0.139. The van der Waals surface area contributed by atoms with Gasteiger partial charge in [-0.2, -0.15) is 0 Å². The third-order valence-corrected chi connectivity index (χ3v) is 4.20. The Morgan fingerprint density at radius 3 is 2.81 bits per heavy atom. The van der Waals surface area contributed by atoms with Gasteiger partial charge in [0.15, 0.2) is 0 Å². The molecule has 1 amide bonds. The Morgan fingerprint density at radius 2 is 2.14 bits per heavy atom. The second-order valence-corrected chi connectivity index (χ2v) is 5.73. The summed E-state index contributed by atoms with van der Waals surface area (Å²) in [6.07, 6.45) is 2.22. The van der Waals surface area contributed by atoms with E-state index in [0.717, 1.165) is 24.9 Å². The molecule has 2 N–H and O–H groups in total. The monoisotopic (exact) mass is 290 g/mol. The number of nitrogens with two attached hydrogens (primary N) is 1. The van der Waals surface area contributed by atoms with Crippen LogP contribution in [0.3, 0.4) is 0 Å². The molecule has 3 atom stereocenters. The molecule has 21 heavy (non-hydrogen) atoms. The van der Waals surface area contributed by atoms with Gasteiger partial charge in [0.2, 0.25) is 5.91 Å². The van der Waals surface area contributed by atoms with Crippen LogP contribution in [0.4, 0.5) is 0 Å². The van der Waals surface area contributed by atoms with Crippen molar-refractivity contribution >= 4 is 5.91 Å². The highest BCUT2D eigenvalue weighted by atomic mass is 16.5. The highest BCUT2D eigenvalue weighted by Gasteiger charge is 2.30. The first-order valence-corrected chi connectivity index (χ1v) is 7.84. The molecule has 1 saturated heterocycles. The molecule has 4 nitrogen and oxygen atoms in total. The fourth-order valence-electron chi connectivity index (χ4n) is 2.92. The summed E-state index contributed by atoms with van der Waals surface area (Å²) in [4.78, 5) is 14.6. The topological polar surface area (TPSA) is 55.6 Å². The van der Waals surface area contributed by atoms with E-state index in [1.54, 1.807) is 0 Å². The van der Waals surface area contributed by atoms with E-state index in [9.17, 15) is 4.79 Å². The van der Waals surface area contributed by atoms with E-state index in [1.165, 1.54) is 0 Å². The van der Waals surface area contributed by atoms with E-state index in [4.69, 9.17) is 10.5 Å². The van der Waals surface area contributed by atoms with Gasteiger partial charge in [0.25, 0.3) is 0 Å². The Morgan fingerprint density at radius 1 is 1.43 bits per heavy atom. The van der Waals surface area contributed by atoms with Crippen LogP contribution < -0.4 is 5.73 Å². The number of carbonyl (C=O) groups excluding carboxylic acids is 1. The van der Waals surface area contributed by atoms with Crippen LogP contribution in [-0.2, 0) is 9.53 Å². The molecule has 2 rings (SSSR count). The zero-order valence-electron chi connectivity index (χ0n) is 13.0. The van der Waals surface area contributed by atoms with Gasteiger partial charge >= 0.3 is 0 Å². The molecule has 1 aromatic rings. The molecule has 1 heterocycles. The molecular weight excluding hydrogens is 264 g/mol. The van der Waals surface area contributed by atoms with Crippen LogP contribution in [0.5, 0.6) is 0 Å². The summed E-state index contributed by atoms with van der Waals surface area (Å²) in [5.74, 6) is -0.0801. The van der Waals surface area contributed by atoms with Crippen molar-refractivity contribution in [1.29, 1.82) is 0 Å². The average molecular weight is 290 g/mol. The summed E-state index contributed by atoms with van der Waals surface area (Å²) in [6, 6.07) is 9.57. The number of benzene rings is 1. The van der Waals surface area contributed by atoms with Gasteiger partial charge in [-0.25, -0.2) is 0 Å². The van der Waals surface area contributed by atoms with Gasteiger partial charge in [-0.05, 0) is 25.3 Å². The number of ether oxygens (including phenoxy) is 1. The van der Waals surface area contributed by atoms with Crippen molar-refractivity contribution in [3.8, 4) is 0 Å². The summed E-state index contributed by atoms with van der Waals surface area (Å²) in [6.45, 7) is 6.12. The molecule has 3 unspecified atom stereocenters. The molecule has 0 aromatic heterocycles. The van der Waals surface area contributed by atoms with Crippen LogP contribution in [0.1, 0.15) is 38.3 Å². The molecule has 0 saturated carbocycles. The summed E-state index contributed by atoms with van der Waals surface area (Å²) in [5, 5.41) is 0. The van der Waals surface area contributed by atoms with Crippen LogP contribution >= 0.6 is 0 Å². The number of carbonyl (C=O) groups is 1. The molecular formula is C17H26N2O2. The van der Waals surface area contributed by atoms with Crippen LogP contribution in [0.2, 0.25) is 0 Å². The van der Waals surface area contributed by atoms with Crippen molar-refractivity contribution in [3.05, 3.63) is 35.9 Å². The lowest BCUT2D eigenvalue weighted by atomic mass is 9.93. The van der Waals surface area contributed by atoms with Gasteiger partial charge in [0.1, 0.15) is 0 Å². The minimum absolute atomic E-state index is 0.135. The minimum atomic E-state index is -0.258. The maximum absolute atomic E-state index is 12.7. The van der Waals surface area contributed by atoms with E-state index in [-0.39, 0.29) is 24.0 Å². The number of nitrogens with zero attached hydrogens (tertiary/aromatic N) is 1. The van der Waals surface area contributed by atoms with E-state index in [1.807, 2.05) is 49.1 Å². The third-order valence-electron chi connectivity index (χ3n) is 4.20. The molecule has 0 bridgehead atoms. The summed E-state index contributed by atoms with van der Waals surface area (Å²) < 4.78 is 5.66. The Hall–Kier alpha value is -1.39. The first kappa shape index (κ1) is 16.0. The maximum Gasteiger partial charge on any atom is 0.227 e. The van der Waals surface area contributed by atoms with Gasteiger partial charge < -0.3 is 15.4 Å². The van der Waals surface area contributed by atoms with Crippen molar-refractivity contribution in [2.75, 3.05) is 19.7 Å². The Balaban J connectivity index is 1.98. The standard InChI is InChI=1S/C17H26N2O2/c1-3-21-15-10-7-11-19(12-15)17(20)13(2)16(18)14-8-5-4-6-9-14/h4-6,8-9,13,15-16H,3,7,10-12,18H2,1-2H3. The quantitative estimate of drug-likeness (QED) is 0.905. The molecule has 116 valence electrons. The van der Waals surface area contributed by atoms with Crippen molar-refractivity contribution in [2.24, 2.45) is 11.7 Å². The number of piperidine rings is 1. The van der Waals surface area contributed by atoms with Crippen molar-refractivity contribution in [1.82, 2.24) is 4.90 Å². The molecule has 1 aliphatic heterocycles. The van der Waals surface area contributed by atoms with Crippen LogP contribution in [0.15, 0.2) is 30.3 Å². The average Bonchev–Trinajstić information content (AvgIpc) is 2.54. The zero-order valence-corrected chi connectivity index (χ0v) is 13.0. The zero-order chi connectivity index (χ0) is 15.2. The predicted molar refractivity (Wildman–Crippen MR) is 83.8 cm³/mol. The predicted octanol–water partition coefficient (Wildman–Crippen LogP) is 2.35. The number of hydrogen-bond acceptors (Lipinski definition) is 3. The highest BCUT2D eigenvalue weighted by molar-refractivity contribution is 5.79. The molecule has 1 aliphatic rings. The lowest BCUT2D eigenvalue weighted by Gasteiger charge is -2.35. The number of amides is 1. The second-order valence-electron chi connectivity index (χ2n) is 5.73. The number of hydrogen-bond donors (Lipinski definition) is 1. The van der Waals surface area contributed by atoms with Gasteiger partial charge in [-0.1, -0.05) is 37.3 Å². The number of rotatable bonds is 5. The fourth-order valence-corrected chi connectivity index (χ4v) is 2.92. The van der Waals surface area contributed by atoms with E-state index in [0.29, 0.717) is 13.2 Å². The van der Waals surface area contributed by atoms with Gasteiger partial charge in [-0.3, -0.25) is 4.79 Å². The van der Waals surface area contributed by atoms with Gasteiger partial charge in [0, 0.05) is 25.7 Å². The molecule has 4 heteroatoms. The Labute approximate surface area is 127 Å². The molecule has 0 radical (unpaired) electrons. The first-order chi connectivity index (χ1) is 10.1. The first-order valence-electron chi connectivity index (χ1n) is 7.84. The molecule has 0 spiro atoms.